The highest BCUT2D eigenvalue weighted by molar-refractivity contribution is 6.56. The van der Waals surface area contributed by atoms with Crippen molar-refractivity contribution in [3.05, 3.63) is 47.6 Å². The molecule has 1 aliphatic rings. The number of carbonyl (C=O) groups excluding carboxylic acids is 1. The summed E-state index contributed by atoms with van der Waals surface area (Å²) >= 11 is 0. The normalized spacial score (nSPS) is 19.0. The number of nitrogens with one attached hydrogen (secondary N) is 1. The lowest BCUT2D eigenvalue weighted by Crippen LogP contribution is -2.41. The molecule has 0 aliphatic carbocycles. The van der Waals surface area contributed by atoms with Gasteiger partial charge in [0.2, 0.25) is 5.91 Å². The first-order chi connectivity index (χ1) is 12.2. The molecule has 0 spiro atoms. The maximum Gasteiger partial charge on any atom is 0.492 e. The van der Waals surface area contributed by atoms with Gasteiger partial charge in [0.25, 0.3) is 0 Å². The van der Waals surface area contributed by atoms with Crippen LogP contribution in [0.4, 0.5) is 0 Å². The number of pyridine rings is 1. The van der Waals surface area contributed by atoms with Crippen LogP contribution in [0.1, 0.15) is 40.2 Å². The van der Waals surface area contributed by atoms with E-state index in [1.807, 2.05) is 64.1 Å². The van der Waals surface area contributed by atoms with E-state index in [1.165, 1.54) is 6.92 Å². The lowest BCUT2D eigenvalue weighted by molar-refractivity contribution is -0.118. The van der Waals surface area contributed by atoms with Gasteiger partial charge in [-0.25, -0.2) is 0 Å². The highest BCUT2D eigenvalue weighted by Crippen LogP contribution is 2.38. The number of amides is 1. The van der Waals surface area contributed by atoms with Gasteiger partial charge in [-0.2, -0.15) is 0 Å². The Balaban J connectivity index is 1.94. The summed E-state index contributed by atoms with van der Waals surface area (Å²) < 4.78 is 12.3. The van der Waals surface area contributed by atoms with E-state index < -0.39 is 18.3 Å². The second kappa shape index (κ2) is 6.85. The second-order valence-electron chi connectivity index (χ2n) is 7.67. The molecule has 1 aromatic carbocycles. The van der Waals surface area contributed by atoms with Gasteiger partial charge in [-0.05, 0) is 50.9 Å². The molecule has 0 radical (unpaired) electrons. The summed E-state index contributed by atoms with van der Waals surface area (Å²) in [6.07, 6.45) is 3.79. The van der Waals surface area contributed by atoms with Crippen molar-refractivity contribution in [3.63, 3.8) is 0 Å². The lowest BCUT2D eigenvalue weighted by atomic mass is 9.77. The summed E-state index contributed by atoms with van der Waals surface area (Å²) in [6.45, 7) is 9.94. The summed E-state index contributed by atoms with van der Waals surface area (Å²) in [5.41, 5.74) is 1.92. The minimum absolute atomic E-state index is 0.0902. The number of carbonyl (C=O) groups is 1. The van der Waals surface area contributed by atoms with Crippen LogP contribution in [0.2, 0.25) is 0 Å². The fourth-order valence-electron chi connectivity index (χ4n) is 2.81. The molecule has 5 nitrogen and oxygen atoms in total. The van der Waals surface area contributed by atoms with Crippen LogP contribution < -0.4 is 5.32 Å². The van der Waals surface area contributed by atoms with Crippen molar-refractivity contribution in [1.82, 2.24) is 10.3 Å². The first-order valence-corrected chi connectivity index (χ1v) is 8.83. The molecular formula is C20H25BN2O3. The van der Waals surface area contributed by atoms with Crippen LogP contribution in [0.25, 0.3) is 17.0 Å². The zero-order valence-electron chi connectivity index (χ0n) is 16.0. The van der Waals surface area contributed by atoms with E-state index in [-0.39, 0.29) is 5.91 Å². The standard InChI is InChI=1S/C20H25BN2O3/c1-14(24)23-13-17(21-25-19(2,3)20(4,5)26-21)11-15-8-9-16-7-6-10-22-18(16)12-15/h6-12H,13H2,1-5H3,(H,23,24). The number of hydrogen-bond donors (Lipinski definition) is 1. The van der Waals surface area contributed by atoms with E-state index in [2.05, 4.69) is 10.3 Å². The van der Waals surface area contributed by atoms with E-state index in [4.69, 9.17) is 9.31 Å². The summed E-state index contributed by atoms with van der Waals surface area (Å²) in [5, 5.41) is 3.94. The largest absolute Gasteiger partial charge is 0.492 e. The summed E-state index contributed by atoms with van der Waals surface area (Å²) in [5.74, 6) is -0.0902. The van der Waals surface area contributed by atoms with E-state index in [1.54, 1.807) is 6.20 Å². The smallest absolute Gasteiger partial charge is 0.400 e. The Bertz CT molecular complexity index is 845. The fraction of sp³-hybridized carbons (Fsp3) is 0.400. The van der Waals surface area contributed by atoms with Crippen LogP contribution in [0.3, 0.4) is 0 Å². The van der Waals surface area contributed by atoms with Gasteiger partial charge in [-0.1, -0.05) is 24.3 Å². The zero-order chi connectivity index (χ0) is 18.9. The molecule has 1 N–H and O–H groups in total. The SMILES string of the molecule is CC(=O)NCC(=Cc1ccc2cccnc2c1)B1OC(C)(C)C(C)(C)O1. The molecule has 1 fully saturated rings. The minimum Gasteiger partial charge on any atom is -0.400 e. The molecule has 6 heteroatoms. The van der Waals surface area contributed by atoms with Gasteiger partial charge >= 0.3 is 7.12 Å². The van der Waals surface area contributed by atoms with Crippen molar-refractivity contribution in [2.75, 3.05) is 6.54 Å². The molecule has 0 atom stereocenters. The average Bonchev–Trinajstić information content (AvgIpc) is 2.79. The Kier molecular flexibility index (Phi) is 4.91. The van der Waals surface area contributed by atoms with Gasteiger partial charge in [0, 0.05) is 25.1 Å². The Labute approximate surface area is 154 Å². The Morgan fingerprint density at radius 2 is 1.88 bits per heavy atom. The fourth-order valence-corrected chi connectivity index (χ4v) is 2.81. The van der Waals surface area contributed by atoms with Gasteiger partial charge in [0.15, 0.2) is 0 Å². The van der Waals surface area contributed by atoms with Crippen LogP contribution in [-0.4, -0.2) is 35.8 Å². The summed E-state index contributed by atoms with van der Waals surface area (Å²) in [6, 6.07) is 10.0. The predicted molar refractivity (Wildman–Crippen MR) is 104 cm³/mol. The number of fused-ring (bicyclic) bond motifs is 1. The Hall–Kier alpha value is -2.18. The molecule has 0 unspecified atom stereocenters. The van der Waals surface area contributed by atoms with Crippen molar-refractivity contribution in [3.8, 4) is 0 Å². The first-order valence-electron chi connectivity index (χ1n) is 8.83. The van der Waals surface area contributed by atoms with Gasteiger partial charge < -0.3 is 14.6 Å². The van der Waals surface area contributed by atoms with Gasteiger partial charge in [0.1, 0.15) is 0 Å². The predicted octanol–water partition coefficient (Wildman–Crippen LogP) is 3.39. The number of nitrogens with zero attached hydrogens (tertiary/aromatic N) is 1. The quantitative estimate of drug-likeness (QED) is 0.857. The first kappa shape index (κ1) is 18.6. The van der Waals surface area contributed by atoms with Crippen molar-refractivity contribution >= 4 is 30.0 Å². The maximum atomic E-state index is 11.4. The van der Waals surface area contributed by atoms with Crippen LogP contribution in [0, 0.1) is 0 Å². The van der Waals surface area contributed by atoms with E-state index >= 15 is 0 Å². The van der Waals surface area contributed by atoms with Gasteiger partial charge in [0.05, 0.1) is 16.7 Å². The van der Waals surface area contributed by atoms with Crippen molar-refractivity contribution < 1.29 is 14.1 Å². The molecule has 136 valence electrons. The van der Waals surface area contributed by atoms with E-state index in [0.29, 0.717) is 6.54 Å². The zero-order valence-corrected chi connectivity index (χ0v) is 16.0. The molecule has 1 aromatic heterocycles. The van der Waals surface area contributed by atoms with E-state index in [0.717, 1.165) is 21.9 Å². The van der Waals surface area contributed by atoms with E-state index in [9.17, 15) is 4.79 Å². The van der Waals surface area contributed by atoms with Crippen molar-refractivity contribution in [2.45, 2.75) is 45.8 Å². The third-order valence-electron chi connectivity index (χ3n) is 5.08. The number of rotatable bonds is 4. The molecule has 2 heterocycles. The number of benzene rings is 1. The molecule has 0 bridgehead atoms. The minimum atomic E-state index is -0.508. The van der Waals surface area contributed by atoms with Crippen LogP contribution >= 0.6 is 0 Å². The highest BCUT2D eigenvalue weighted by Gasteiger charge is 2.52. The monoisotopic (exact) mass is 352 g/mol. The molecule has 2 aromatic rings. The van der Waals surface area contributed by atoms with Crippen molar-refractivity contribution in [2.24, 2.45) is 0 Å². The topological polar surface area (TPSA) is 60.5 Å². The number of hydrogen-bond acceptors (Lipinski definition) is 4. The van der Waals surface area contributed by atoms with Gasteiger partial charge in [-0.15, -0.1) is 0 Å². The van der Waals surface area contributed by atoms with Gasteiger partial charge in [-0.3, -0.25) is 9.78 Å². The van der Waals surface area contributed by atoms with Crippen molar-refractivity contribution in [1.29, 1.82) is 0 Å². The molecule has 3 rings (SSSR count). The molecule has 26 heavy (non-hydrogen) atoms. The lowest BCUT2D eigenvalue weighted by Gasteiger charge is -2.32. The maximum absolute atomic E-state index is 11.4. The Morgan fingerprint density at radius 3 is 2.54 bits per heavy atom. The van der Waals surface area contributed by atoms with Crippen LogP contribution in [0.15, 0.2) is 42.0 Å². The summed E-state index contributed by atoms with van der Waals surface area (Å²) in [7, 11) is -0.508. The van der Waals surface area contributed by atoms with Crippen LogP contribution in [0.5, 0.6) is 0 Å². The highest BCUT2D eigenvalue weighted by atomic mass is 16.7. The molecule has 1 aliphatic heterocycles. The Morgan fingerprint density at radius 1 is 1.19 bits per heavy atom. The average molecular weight is 352 g/mol. The number of aromatic nitrogens is 1. The molecule has 1 amide bonds. The summed E-state index contributed by atoms with van der Waals surface area (Å²) in [4.78, 5) is 15.8. The molecule has 0 saturated carbocycles. The third kappa shape index (κ3) is 3.81. The van der Waals surface area contributed by atoms with Crippen LogP contribution in [-0.2, 0) is 14.1 Å². The third-order valence-corrected chi connectivity index (χ3v) is 5.08. The molecular weight excluding hydrogens is 327 g/mol. The second-order valence-corrected chi connectivity index (χ2v) is 7.67. The molecule has 1 saturated heterocycles.